The van der Waals surface area contributed by atoms with Crippen molar-refractivity contribution in [2.45, 2.75) is 32.2 Å². The van der Waals surface area contributed by atoms with Crippen molar-refractivity contribution < 1.29 is 4.79 Å². The Morgan fingerprint density at radius 3 is 2.67 bits per heavy atom. The van der Waals surface area contributed by atoms with Gasteiger partial charge in [0.05, 0.1) is 11.0 Å². The lowest BCUT2D eigenvalue weighted by molar-refractivity contribution is -0.133. The van der Waals surface area contributed by atoms with Crippen LogP contribution < -0.4 is 11.2 Å². The molecule has 8 heteroatoms. The summed E-state index contributed by atoms with van der Waals surface area (Å²) < 4.78 is 1.22. The maximum absolute atomic E-state index is 12.5. The Hall–Kier alpha value is -3.16. The molecule has 1 saturated heterocycles. The van der Waals surface area contributed by atoms with Crippen LogP contribution in [0.2, 0.25) is 0 Å². The van der Waals surface area contributed by atoms with E-state index in [4.69, 9.17) is 4.98 Å². The number of carbonyl (C=O) groups is 1. The van der Waals surface area contributed by atoms with Crippen LogP contribution in [0.1, 0.15) is 30.1 Å². The van der Waals surface area contributed by atoms with Gasteiger partial charge >= 0.3 is 5.69 Å². The fourth-order valence-electron chi connectivity index (χ4n) is 3.60. The third kappa shape index (κ3) is 3.42. The summed E-state index contributed by atoms with van der Waals surface area (Å²) in [5, 5.41) is 0. The molecule has 8 nitrogen and oxygen atoms in total. The van der Waals surface area contributed by atoms with Gasteiger partial charge in [0.25, 0.3) is 5.56 Å². The predicted octanol–water partition coefficient (Wildman–Crippen LogP) is 1.13. The fourth-order valence-corrected chi connectivity index (χ4v) is 3.60. The summed E-state index contributed by atoms with van der Waals surface area (Å²) >= 11 is 0. The van der Waals surface area contributed by atoms with E-state index in [1.807, 2.05) is 25.1 Å². The molecule has 0 spiro atoms. The van der Waals surface area contributed by atoms with Gasteiger partial charge in [0.1, 0.15) is 12.4 Å². The molecular weight excluding hydrogens is 346 g/mol. The summed E-state index contributed by atoms with van der Waals surface area (Å²) in [5.41, 5.74) is 2.16. The van der Waals surface area contributed by atoms with Crippen molar-refractivity contribution in [3.63, 3.8) is 0 Å². The van der Waals surface area contributed by atoms with E-state index in [1.54, 1.807) is 4.90 Å². The molecule has 0 saturated carbocycles. The zero-order valence-electron chi connectivity index (χ0n) is 15.1. The normalized spacial score (nSPS) is 15.4. The zero-order valence-corrected chi connectivity index (χ0v) is 15.1. The van der Waals surface area contributed by atoms with E-state index >= 15 is 0 Å². The first-order valence-corrected chi connectivity index (χ1v) is 9.04. The fraction of sp³-hybridized carbons (Fsp3) is 0.368. The molecular formula is C19H21N5O3. The third-order valence-electron chi connectivity index (χ3n) is 5.17. The average Bonchev–Trinajstić information content (AvgIpc) is 3.10. The van der Waals surface area contributed by atoms with Gasteiger partial charge in [-0.05, 0) is 31.4 Å². The molecule has 0 atom stereocenters. The minimum Gasteiger partial charge on any atom is -0.342 e. The number of imidazole rings is 1. The highest BCUT2D eigenvalue weighted by Crippen LogP contribution is 2.28. The number of fused-ring (bicyclic) bond motifs is 1. The highest BCUT2D eigenvalue weighted by Gasteiger charge is 2.26. The van der Waals surface area contributed by atoms with Gasteiger partial charge < -0.3 is 9.88 Å². The minimum atomic E-state index is -0.566. The number of rotatable bonds is 3. The SMILES string of the molecule is Cc1cccc2[nH]c(C3CCN(C(=O)Cn4ccc(=O)[nH]c4=O)CC3)nc12. The van der Waals surface area contributed by atoms with Crippen LogP contribution in [-0.4, -0.2) is 43.4 Å². The van der Waals surface area contributed by atoms with Gasteiger partial charge in [-0.25, -0.2) is 9.78 Å². The summed E-state index contributed by atoms with van der Waals surface area (Å²) in [6.07, 6.45) is 3.00. The Labute approximate surface area is 154 Å². The van der Waals surface area contributed by atoms with Crippen molar-refractivity contribution in [2.75, 3.05) is 13.1 Å². The Morgan fingerprint density at radius 1 is 1.19 bits per heavy atom. The second kappa shape index (κ2) is 6.86. The smallest absolute Gasteiger partial charge is 0.328 e. The van der Waals surface area contributed by atoms with Gasteiger partial charge in [-0.2, -0.15) is 0 Å². The number of aromatic nitrogens is 4. The second-order valence-electron chi connectivity index (χ2n) is 6.99. The zero-order chi connectivity index (χ0) is 19.0. The van der Waals surface area contributed by atoms with E-state index in [9.17, 15) is 14.4 Å². The molecule has 140 valence electrons. The molecule has 0 radical (unpaired) electrons. The number of aryl methyl sites for hydroxylation is 1. The number of hydrogen-bond acceptors (Lipinski definition) is 4. The molecule has 27 heavy (non-hydrogen) atoms. The summed E-state index contributed by atoms with van der Waals surface area (Å²) in [4.78, 5) is 47.4. The number of aromatic amines is 2. The van der Waals surface area contributed by atoms with Crippen molar-refractivity contribution in [3.8, 4) is 0 Å². The Morgan fingerprint density at radius 2 is 1.96 bits per heavy atom. The van der Waals surface area contributed by atoms with Crippen LogP contribution in [0.4, 0.5) is 0 Å². The number of para-hydroxylation sites is 1. The first kappa shape index (κ1) is 17.3. The number of piperidine rings is 1. The minimum absolute atomic E-state index is 0.0654. The van der Waals surface area contributed by atoms with Gasteiger partial charge in [0.15, 0.2) is 0 Å². The summed E-state index contributed by atoms with van der Waals surface area (Å²) in [6, 6.07) is 7.33. The number of nitrogens with zero attached hydrogens (tertiary/aromatic N) is 3. The van der Waals surface area contributed by atoms with Crippen molar-refractivity contribution in [1.82, 2.24) is 24.4 Å². The molecule has 4 rings (SSSR count). The maximum atomic E-state index is 12.5. The molecule has 0 bridgehead atoms. The van der Waals surface area contributed by atoms with Gasteiger partial charge in [-0.1, -0.05) is 12.1 Å². The number of nitrogens with one attached hydrogen (secondary N) is 2. The number of hydrogen-bond donors (Lipinski definition) is 2. The number of likely N-dealkylation sites (tertiary alicyclic amines) is 1. The van der Waals surface area contributed by atoms with Gasteiger partial charge in [0.2, 0.25) is 5.91 Å². The van der Waals surface area contributed by atoms with Crippen LogP contribution in [0.15, 0.2) is 40.1 Å². The molecule has 2 aromatic heterocycles. The van der Waals surface area contributed by atoms with Gasteiger partial charge in [-0.15, -0.1) is 0 Å². The molecule has 1 aliphatic heterocycles. The first-order valence-electron chi connectivity index (χ1n) is 9.04. The molecule has 2 N–H and O–H groups in total. The maximum Gasteiger partial charge on any atom is 0.328 e. The molecule has 0 unspecified atom stereocenters. The molecule has 1 aromatic carbocycles. The van der Waals surface area contributed by atoms with E-state index in [1.165, 1.54) is 16.8 Å². The van der Waals surface area contributed by atoms with E-state index in [0.717, 1.165) is 35.3 Å². The highest BCUT2D eigenvalue weighted by molar-refractivity contribution is 5.78. The third-order valence-corrected chi connectivity index (χ3v) is 5.17. The van der Waals surface area contributed by atoms with Crippen molar-refractivity contribution in [2.24, 2.45) is 0 Å². The quantitative estimate of drug-likeness (QED) is 0.724. The average molecular weight is 367 g/mol. The summed E-state index contributed by atoms with van der Waals surface area (Å²) in [5.74, 6) is 1.14. The standard InChI is InChI=1S/C19H21N5O3/c1-12-3-2-4-14-17(12)22-18(20-14)13-5-8-23(9-6-13)16(26)11-24-10-7-15(25)21-19(24)27/h2-4,7,10,13H,5-6,8-9,11H2,1H3,(H,20,22)(H,21,25,27). The lowest BCUT2D eigenvalue weighted by atomic mass is 9.96. The van der Waals surface area contributed by atoms with Crippen LogP contribution in [0, 0.1) is 6.92 Å². The van der Waals surface area contributed by atoms with Crippen LogP contribution in [-0.2, 0) is 11.3 Å². The summed E-state index contributed by atoms with van der Waals surface area (Å²) in [6.45, 7) is 3.23. The van der Waals surface area contributed by atoms with Crippen LogP contribution >= 0.6 is 0 Å². The first-order chi connectivity index (χ1) is 13.0. The molecule has 0 aliphatic carbocycles. The topological polar surface area (TPSA) is 104 Å². The van der Waals surface area contributed by atoms with E-state index in [2.05, 4.69) is 9.97 Å². The van der Waals surface area contributed by atoms with E-state index in [0.29, 0.717) is 13.1 Å². The van der Waals surface area contributed by atoms with E-state index in [-0.39, 0.29) is 18.4 Å². The Bertz CT molecular complexity index is 1100. The number of carbonyl (C=O) groups excluding carboxylic acids is 1. The molecule has 1 aliphatic rings. The molecule has 1 amide bonds. The number of benzene rings is 1. The Balaban J connectivity index is 1.42. The van der Waals surface area contributed by atoms with Crippen molar-refractivity contribution in [1.29, 1.82) is 0 Å². The molecule has 3 heterocycles. The van der Waals surface area contributed by atoms with Crippen LogP contribution in [0.3, 0.4) is 0 Å². The predicted molar refractivity (Wildman–Crippen MR) is 101 cm³/mol. The van der Waals surface area contributed by atoms with Crippen LogP contribution in [0.25, 0.3) is 11.0 Å². The second-order valence-corrected chi connectivity index (χ2v) is 6.99. The monoisotopic (exact) mass is 367 g/mol. The van der Waals surface area contributed by atoms with Gasteiger partial charge in [0, 0.05) is 31.3 Å². The van der Waals surface area contributed by atoms with E-state index < -0.39 is 11.2 Å². The largest absolute Gasteiger partial charge is 0.342 e. The van der Waals surface area contributed by atoms with Crippen molar-refractivity contribution in [3.05, 3.63) is 62.7 Å². The lowest BCUT2D eigenvalue weighted by Gasteiger charge is -2.31. The molecule has 1 fully saturated rings. The van der Waals surface area contributed by atoms with Crippen molar-refractivity contribution >= 4 is 16.9 Å². The lowest BCUT2D eigenvalue weighted by Crippen LogP contribution is -2.42. The number of H-pyrrole nitrogens is 2. The Kier molecular flexibility index (Phi) is 4.39. The molecule has 3 aromatic rings. The van der Waals surface area contributed by atoms with Gasteiger partial charge in [-0.3, -0.25) is 19.1 Å². The summed E-state index contributed by atoms with van der Waals surface area (Å²) in [7, 11) is 0. The van der Waals surface area contributed by atoms with Crippen LogP contribution in [0.5, 0.6) is 0 Å². The highest BCUT2D eigenvalue weighted by atomic mass is 16.2. The number of amides is 1.